The van der Waals surface area contributed by atoms with Crippen molar-refractivity contribution < 1.29 is 14.5 Å². The van der Waals surface area contributed by atoms with Crippen molar-refractivity contribution in [2.45, 2.75) is 19.3 Å². The van der Waals surface area contributed by atoms with Crippen LogP contribution in [0.1, 0.15) is 29.6 Å². The number of rotatable bonds is 2. The maximum Gasteiger partial charge on any atom is 0.270 e. The SMILES string of the molecule is O=C1CCCCN1C(=O)c1cccc([N+](=O)[O-])c1. The number of nitro benzene ring substituents is 1. The van der Waals surface area contributed by atoms with E-state index in [1.807, 2.05) is 0 Å². The minimum absolute atomic E-state index is 0.148. The van der Waals surface area contributed by atoms with Gasteiger partial charge >= 0.3 is 0 Å². The highest BCUT2D eigenvalue weighted by molar-refractivity contribution is 6.05. The third-order valence-corrected chi connectivity index (χ3v) is 2.87. The lowest BCUT2D eigenvalue weighted by atomic mass is 10.1. The van der Waals surface area contributed by atoms with Gasteiger partial charge in [-0.2, -0.15) is 0 Å². The zero-order chi connectivity index (χ0) is 13.1. The number of carbonyl (C=O) groups excluding carboxylic acids is 2. The number of carbonyl (C=O) groups is 2. The number of piperidine rings is 1. The number of amides is 2. The molecule has 1 aromatic rings. The Kier molecular flexibility index (Phi) is 3.36. The van der Waals surface area contributed by atoms with Crippen molar-refractivity contribution in [1.29, 1.82) is 0 Å². The molecule has 1 fully saturated rings. The van der Waals surface area contributed by atoms with E-state index in [4.69, 9.17) is 0 Å². The van der Waals surface area contributed by atoms with Crippen LogP contribution in [0, 0.1) is 10.1 Å². The molecule has 0 unspecified atom stereocenters. The molecule has 1 heterocycles. The molecule has 6 heteroatoms. The monoisotopic (exact) mass is 248 g/mol. The lowest BCUT2D eigenvalue weighted by molar-refractivity contribution is -0.384. The molecule has 0 atom stereocenters. The van der Waals surface area contributed by atoms with Crippen LogP contribution in [0.5, 0.6) is 0 Å². The third kappa shape index (κ3) is 2.37. The fourth-order valence-electron chi connectivity index (χ4n) is 1.93. The van der Waals surface area contributed by atoms with Crippen LogP contribution in [0.3, 0.4) is 0 Å². The van der Waals surface area contributed by atoms with Gasteiger partial charge in [0.2, 0.25) is 5.91 Å². The number of likely N-dealkylation sites (tertiary alicyclic amines) is 1. The summed E-state index contributed by atoms with van der Waals surface area (Å²) in [5.41, 5.74) is 0.0322. The molecule has 94 valence electrons. The van der Waals surface area contributed by atoms with E-state index in [1.54, 1.807) is 0 Å². The molecule has 0 spiro atoms. The van der Waals surface area contributed by atoms with E-state index in [0.717, 1.165) is 12.8 Å². The minimum Gasteiger partial charge on any atom is -0.279 e. The quantitative estimate of drug-likeness (QED) is 0.453. The van der Waals surface area contributed by atoms with E-state index in [1.165, 1.54) is 29.2 Å². The van der Waals surface area contributed by atoms with Gasteiger partial charge in [-0.15, -0.1) is 0 Å². The van der Waals surface area contributed by atoms with Crippen LogP contribution in [-0.2, 0) is 4.79 Å². The summed E-state index contributed by atoms with van der Waals surface area (Å²) in [5.74, 6) is -0.666. The number of imide groups is 1. The second-order valence-electron chi connectivity index (χ2n) is 4.12. The highest BCUT2D eigenvalue weighted by atomic mass is 16.6. The molecule has 2 amide bonds. The molecule has 0 radical (unpaired) electrons. The van der Waals surface area contributed by atoms with Gasteiger partial charge in [0.1, 0.15) is 0 Å². The molecule has 0 N–H and O–H groups in total. The molecule has 0 saturated carbocycles. The fraction of sp³-hybridized carbons (Fsp3) is 0.333. The Morgan fingerprint density at radius 2 is 2.11 bits per heavy atom. The van der Waals surface area contributed by atoms with Gasteiger partial charge in [-0.3, -0.25) is 24.6 Å². The van der Waals surface area contributed by atoms with Gasteiger partial charge in [0.25, 0.3) is 11.6 Å². The van der Waals surface area contributed by atoms with E-state index in [0.29, 0.717) is 13.0 Å². The molecular formula is C12H12N2O4. The maximum absolute atomic E-state index is 12.1. The van der Waals surface area contributed by atoms with E-state index in [9.17, 15) is 19.7 Å². The first kappa shape index (κ1) is 12.2. The largest absolute Gasteiger partial charge is 0.279 e. The number of hydrogen-bond donors (Lipinski definition) is 0. The number of non-ortho nitro benzene ring substituents is 1. The van der Waals surface area contributed by atoms with Gasteiger partial charge in [-0.1, -0.05) is 6.07 Å². The molecule has 0 aromatic heterocycles. The lowest BCUT2D eigenvalue weighted by Crippen LogP contribution is -2.40. The first-order valence-corrected chi connectivity index (χ1v) is 5.69. The summed E-state index contributed by atoms with van der Waals surface area (Å²) in [7, 11) is 0. The standard InChI is InChI=1S/C12H12N2O4/c15-11-6-1-2-7-13(11)12(16)9-4-3-5-10(8-9)14(17)18/h3-5,8H,1-2,6-7H2. The summed E-state index contributed by atoms with van der Waals surface area (Å²) >= 11 is 0. The molecule has 6 nitrogen and oxygen atoms in total. The average Bonchev–Trinajstić information content (AvgIpc) is 2.38. The Morgan fingerprint density at radius 1 is 1.33 bits per heavy atom. The van der Waals surface area contributed by atoms with Crippen molar-refractivity contribution in [2.24, 2.45) is 0 Å². The predicted octanol–water partition coefficient (Wildman–Crippen LogP) is 1.75. The van der Waals surface area contributed by atoms with Crippen molar-refractivity contribution in [2.75, 3.05) is 6.54 Å². The van der Waals surface area contributed by atoms with Gasteiger partial charge < -0.3 is 0 Å². The van der Waals surface area contributed by atoms with Crippen LogP contribution in [0.25, 0.3) is 0 Å². The molecule has 1 aliphatic heterocycles. The van der Waals surface area contributed by atoms with Crippen molar-refractivity contribution in [1.82, 2.24) is 4.90 Å². The van der Waals surface area contributed by atoms with Crippen LogP contribution in [-0.4, -0.2) is 28.2 Å². The maximum atomic E-state index is 12.1. The van der Waals surface area contributed by atoms with Crippen molar-refractivity contribution in [3.63, 3.8) is 0 Å². The van der Waals surface area contributed by atoms with Crippen molar-refractivity contribution >= 4 is 17.5 Å². The fourth-order valence-corrected chi connectivity index (χ4v) is 1.93. The minimum atomic E-state index is -0.561. The second kappa shape index (κ2) is 4.95. The van der Waals surface area contributed by atoms with Gasteiger partial charge in [0.15, 0.2) is 0 Å². The van der Waals surface area contributed by atoms with Gasteiger partial charge in [0.05, 0.1) is 4.92 Å². The van der Waals surface area contributed by atoms with Crippen LogP contribution in [0.4, 0.5) is 5.69 Å². The summed E-state index contributed by atoms with van der Waals surface area (Å²) in [6, 6.07) is 5.44. The van der Waals surface area contributed by atoms with E-state index in [2.05, 4.69) is 0 Å². The number of hydrogen-bond acceptors (Lipinski definition) is 4. The van der Waals surface area contributed by atoms with Gasteiger partial charge in [0, 0.05) is 30.7 Å². The number of nitrogens with zero attached hydrogens (tertiary/aromatic N) is 2. The third-order valence-electron chi connectivity index (χ3n) is 2.87. The Balaban J connectivity index is 2.25. The Hall–Kier alpha value is -2.24. The summed E-state index contributed by atoms with van der Waals surface area (Å²) in [6.07, 6.45) is 1.94. The highest BCUT2D eigenvalue weighted by Gasteiger charge is 2.26. The topological polar surface area (TPSA) is 80.5 Å². The van der Waals surface area contributed by atoms with E-state index >= 15 is 0 Å². The average molecular weight is 248 g/mol. The molecular weight excluding hydrogens is 236 g/mol. The Bertz CT molecular complexity index is 513. The zero-order valence-corrected chi connectivity index (χ0v) is 9.67. The highest BCUT2D eigenvalue weighted by Crippen LogP contribution is 2.18. The van der Waals surface area contributed by atoms with E-state index < -0.39 is 10.8 Å². The normalized spacial score (nSPS) is 15.6. The van der Waals surface area contributed by atoms with Gasteiger partial charge in [-0.05, 0) is 18.9 Å². The summed E-state index contributed by atoms with van der Waals surface area (Å²) in [6.45, 7) is 0.389. The molecule has 0 aliphatic carbocycles. The summed E-state index contributed by atoms with van der Waals surface area (Å²) in [4.78, 5) is 34.9. The molecule has 1 saturated heterocycles. The lowest BCUT2D eigenvalue weighted by Gasteiger charge is -2.24. The molecule has 18 heavy (non-hydrogen) atoms. The summed E-state index contributed by atoms with van der Waals surface area (Å²) in [5, 5.41) is 10.6. The molecule has 0 bridgehead atoms. The van der Waals surface area contributed by atoms with Gasteiger partial charge in [-0.25, -0.2) is 0 Å². The van der Waals surface area contributed by atoms with Crippen LogP contribution in [0.2, 0.25) is 0 Å². The second-order valence-corrected chi connectivity index (χ2v) is 4.12. The molecule has 1 aliphatic rings. The van der Waals surface area contributed by atoms with Crippen LogP contribution >= 0.6 is 0 Å². The molecule has 1 aromatic carbocycles. The van der Waals surface area contributed by atoms with Crippen LogP contribution in [0.15, 0.2) is 24.3 Å². The first-order valence-electron chi connectivity index (χ1n) is 5.69. The van der Waals surface area contributed by atoms with Crippen LogP contribution < -0.4 is 0 Å². The molecule has 2 rings (SSSR count). The number of benzene rings is 1. The smallest absolute Gasteiger partial charge is 0.270 e. The van der Waals surface area contributed by atoms with Crippen molar-refractivity contribution in [3.05, 3.63) is 39.9 Å². The zero-order valence-electron chi connectivity index (χ0n) is 9.67. The Labute approximate surface area is 103 Å². The predicted molar refractivity (Wildman–Crippen MR) is 63.0 cm³/mol. The Morgan fingerprint density at radius 3 is 2.78 bits per heavy atom. The number of nitro groups is 1. The first-order chi connectivity index (χ1) is 8.59. The van der Waals surface area contributed by atoms with Crippen molar-refractivity contribution in [3.8, 4) is 0 Å². The van der Waals surface area contributed by atoms with E-state index in [-0.39, 0.29) is 17.2 Å². The summed E-state index contributed by atoms with van der Waals surface area (Å²) < 4.78 is 0.